The van der Waals surface area contributed by atoms with E-state index in [1.807, 2.05) is 6.07 Å². The van der Waals surface area contributed by atoms with Gasteiger partial charge in [0, 0.05) is 0 Å². The summed E-state index contributed by atoms with van der Waals surface area (Å²) in [6.45, 7) is 2.16. The second-order valence-electron chi connectivity index (χ2n) is 1.99. The van der Waals surface area contributed by atoms with Gasteiger partial charge in [-0.3, -0.25) is 0 Å². The Hall–Kier alpha value is -0.0269. The van der Waals surface area contributed by atoms with Gasteiger partial charge < -0.3 is 0 Å². The van der Waals surface area contributed by atoms with E-state index in [9.17, 15) is 0 Å². The summed E-state index contributed by atoms with van der Waals surface area (Å²) < 4.78 is 1.46. The Morgan fingerprint density at radius 2 is 1.78 bits per heavy atom. The Bertz CT molecular complexity index is 201. The zero-order valence-corrected chi connectivity index (χ0v) is 7.84. The van der Waals surface area contributed by atoms with Crippen LogP contribution in [-0.2, 0) is 24.2 Å². The van der Waals surface area contributed by atoms with Crippen LogP contribution in [-0.4, -0.2) is 3.21 Å². The molecule has 0 aromatic heterocycles. The fourth-order valence-electron chi connectivity index (χ4n) is 0.688. The predicted molar refractivity (Wildman–Crippen MR) is 36.2 cm³/mol. The molecule has 1 heteroatoms. The third-order valence-corrected chi connectivity index (χ3v) is 1.92. The molecular weight excluding hydrogens is 187 g/mol. The Labute approximate surface area is 70.2 Å². The predicted octanol–water partition coefficient (Wildman–Crippen LogP) is 1.77. The molecule has 0 saturated carbocycles. The van der Waals surface area contributed by atoms with Gasteiger partial charge in [0.25, 0.3) is 0 Å². The van der Waals surface area contributed by atoms with Crippen LogP contribution in [0, 0.1) is 0 Å². The van der Waals surface area contributed by atoms with Gasteiger partial charge in [0.05, 0.1) is 0 Å². The SMILES string of the molecule is C[C](=[Zr])c1ccccc1. The van der Waals surface area contributed by atoms with Gasteiger partial charge in [0.1, 0.15) is 0 Å². The molecule has 0 spiro atoms. The Balaban J connectivity index is 2.98. The van der Waals surface area contributed by atoms with Crippen molar-refractivity contribution in [2.24, 2.45) is 0 Å². The van der Waals surface area contributed by atoms with E-state index >= 15 is 0 Å². The summed E-state index contributed by atoms with van der Waals surface area (Å²) in [6, 6.07) is 10.5. The van der Waals surface area contributed by atoms with Crippen molar-refractivity contribution < 1.29 is 24.2 Å². The molecule has 0 unspecified atom stereocenters. The average Bonchev–Trinajstić information content (AvgIpc) is 1.90. The van der Waals surface area contributed by atoms with Crippen LogP contribution in [0.25, 0.3) is 0 Å². The quantitative estimate of drug-likeness (QED) is 0.641. The van der Waals surface area contributed by atoms with Gasteiger partial charge in [-0.15, -0.1) is 0 Å². The maximum atomic E-state index is 2.16. The molecule has 0 radical (unpaired) electrons. The van der Waals surface area contributed by atoms with E-state index in [0.717, 1.165) is 0 Å². The van der Waals surface area contributed by atoms with E-state index in [0.29, 0.717) is 0 Å². The van der Waals surface area contributed by atoms with Crippen LogP contribution in [0.15, 0.2) is 30.3 Å². The van der Waals surface area contributed by atoms with Crippen molar-refractivity contribution in [3.8, 4) is 0 Å². The van der Waals surface area contributed by atoms with Gasteiger partial charge in [-0.1, -0.05) is 0 Å². The van der Waals surface area contributed by atoms with E-state index in [1.54, 1.807) is 0 Å². The van der Waals surface area contributed by atoms with Crippen molar-refractivity contribution in [3.05, 3.63) is 35.9 Å². The fraction of sp³-hybridized carbons (Fsp3) is 0.125. The zero-order valence-electron chi connectivity index (χ0n) is 5.39. The first-order valence-corrected chi connectivity index (χ1v) is 4.14. The summed E-state index contributed by atoms with van der Waals surface area (Å²) in [6.07, 6.45) is 0. The third-order valence-electron chi connectivity index (χ3n) is 1.21. The van der Waals surface area contributed by atoms with Crippen LogP contribution in [0.1, 0.15) is 12.5 Å². The van der Waals surface area contributed by atoms with E-state index in [1.165, 1.54) is 33.0 Å². The van der Waals surface area contributed by atoms with Crippen LogP contribution >= 0.6 is 0 Å². The van der Waals surface area contributed by atoms with Crippen molar-refractivity contribution >= 4 is 3.21 Å². The zero-order chi connectivity index (χ0) is 6.69. The summed E-state index contributed by atoms with van der Waals surface area (Å²) in [4.78, 5) is 0. The van der Waals surface area contributed by atoms with Crippen LogP contribution in [0.2, 0.25) is 0 Å². The van der Waals surface area contributed by atoms with Crippen LogP contribution in [0.3, 0.4) is 0 Å². The van der Waals surface area contributed by atoms with E-state index < -0.39 is 0 Å². The number of hydrogen-bond acceptors (Lipinski definition) is 0. The minimum absolute atomic E-state index is 1.37. The van der Waals surface area contributed by atoms with Gasteiger partial charge in [0.15, 0.2) is 0 Å². The molecule has 44 valence electrons. The first kappa shape index (κ1) is 7.08. The Morgan fingerprint density at radius 3 is 2.11 bits per heavy atom. The molecule has 0 N–H and O–H groups in total. The van der Waals surface area contributed by atoms with Crippen molar-refractivity contribution in [2.75, 3.05) is 0 Å². The molecule has 0 aliphatic carbocycles. The molecule has 1 rings (SSSR count). The summed E-state index contributed by atoms with van der Waals surface area (Å²) in [5, 5.41) is 0. The van der Waals surface area contributed by atoms with E-state index in [4.69, 9.17) is 0 Å². The Kier molecular flexibility index (Phi) is 2.53. The second-order valence-corrected chi connectivity index (χ2v) is 3.83. The summed E-state index contributed by atoms with van der Waals surface area (Å²) in [5.74, 6) is 0. The van der Waals surface area contributed by atoms with E-state index in [2.05, 4.69) is 31.2 Å². The molecule has 0 aliphatic rings. The topological polar surface area (TPSA) is 0 Å². The van der Waals surface area contributed by atoms with Crippen molar-refractivity contribution in [2.45, 2.75) is 6.92 Å². The van der Waals surface area contributed by atoms with Gasteiger partial charge in [0.2, 0.25) is 0 Å². The van der Waals surface area contributed by atoms with Crippen LogP contribution < -0.4 is 0 Å². The molecule has 0 saturated heterocycles. The Morgan fingerprint density at radius 1 is 1.22 bits per heavy atom. The molecule has 0 nitrogen and oxygen atoms in total. The van der Waals surface area contributed by atoms with Gasteiger partial charge in [-0.05, 0) is 0 Å². The van der Waals surface area contributed by atoms with Gasteiger partial charge in [-0.2, -0.15) is 0 Å². The molecule has 0 fully saturated rings. The van der Waals surface area contributed by atoms with Crippen LogP contribution in [0.4, 0.5) is 0 Å². The normalized spacial score (nSPS) is 8.89. The fourth-order valence-corrected chi connectivity index (χ4v) is 1.10. The summed E-state index contributed by atoms with van der Waals surface area (Å²) in [5.41, 5.74) is 1.37. The molecular formula is C8H8Zr. The van der Waals surface area contributed by atoms with Crippen molar-refractivity contribution in [3.63, 3.8) is 0 Å². The minimum atomic E-state index is 1.37. The molecule has 0 heterocycles. The first-order valence-electron chi connectivity index (χ1n) is 2.91. The van der Waals surface area contributed by atoms with E-state index in [-0.39, 0.29) is 0 Å². The van der Waals surface area contributed by atoms with Crippen LogP contribution in [0.5, 0.6) is 0 Å². The molecule has 0 aliphatic heterocycles. The number of rotatable bonds is 1. The standard InChI is InChI=1S/C8H8.Zr/c1-2-8-6-4-3-5-7-8;/h3-7H,1H3;. The second kappa shape index (κ2) is 3.22. The first-order chi connectivity index (χ1) is 4.30. The average molecular weight is 195 g/mol. The third kappa shape index (κ3) is 1.98. The summed E-state index contributed by atoms with van der Waals surface area (Å²) in [7, 11) is 0. The maximum absolute atomic E-state index is 2.16. The monoisotopic (exact) mass is 194 g/mol. The van der Waals surface area contributed by atoms with Crippen molar-refractivity contribution in [1.29, 1.82) is 0 Å². The molecule has 1 aromatic carbocycles. The number of benzene rings is 1. The van der Waals surface area contributed by atoms with Gasteiger partial charge in [-0.25, -0.2) is 0 Å². The molecule has 0 atom stereocenters. The number of hydrogen-bond donors (Lipinski definition) is 0. The molecule has 0 bridgehead atoms. The van der Waals surface area contributed by atoms with Gasteiger partial charge >= 0.3 is 70.3 Å². The summed E-state index contributed by atoms with van der Waals surface area (Å²) >= 11 is 1.51. The molecule has 1 aromatic rings. The molecule has 9 heavy (non-hydrogen) atoms. The van der Waals surface area contributed by atoms with Crippen molar-refractivity contribution in [1.82, 2.24) is 0 Å². The molecule has 0 amide bonds.